The first kappa shape index (κ1) is 21.0. The fourth-order valence-electron chi connectivity index (χ4n) is 1.75. The van der Waals surface area contributed by atoms with E-state index in [1.807, 2.05) is 6.92 Å². The third kappa shape index (κ3) is 9.09. The van der Waals surface area contributed by atoms with E-state index in [0.717, 1.165) is 11.3 Å². The minimum Gasteiger partial charge on any atom is -0.456 e. The fraction of sp³-hybridized carbons (Fsp3) is 0.471. The summed E-state index contributed by atoms with van der Waals surface area (Å²) in [6.07, 6.45) is 0.932. The van der Waals surface area contributed by atoms with Crippen molar-refractivity contribution in [3.05, 3.63) is 30.1 Å². The average molecular weight is 370 g/mol. The first-order valence-corrected chi connectivity index (χ1v) is 9.02. The van der Waals surface area contributed by atoms with E-state index < -0.39 is 24.5 Å². The maximum absolute atomic E-state index is 12.8. The van der Waals surface area contributed by atoms with Crippen LogP contribution in [0.3, 0.4) is 0 Å². The van der Waals surface area contributed by atoms with Gasteiger partial charge in [0.1, 0.15) is 11.9 Å². The van der Waals surface area contributed by atoms with Gasteiger partial charge >= 0.3 is 5.97 Å². The summed E-state index contributed by atoms with van der Waals surface area (Å²) in [6.45, 7) is 3.60. The van der Waals surface area contributed by atoms with E-state index in [4.69, 9.17) is 4.74 Å². The van der Waals surface area contributed by atoms with Crippen molar-refractivity contribution in [2.75, 3.05) is 18.9 Å². The molecule has 138 valence electrons. The smallest absolute Gasteiger partial charge is 0.307 e. The molecule has 1 aromatic carbocycles. The van der Waals surface area contributed by atoms with Crippen LogP contribution in [-0.2, 0) is 19.1 Å². The lowest BCUT2D eigenvalue weighted by atomic mass is 10.3. The third-order valence-corrected chi connectivity index (χ3v) is 4.09. The Morgan fingerprint density at radius 2 is 1.92 bits per heavy atom. The van der Waals surface area contributed by atoms with Crippen LogP contribution >= 0.6 is 11.8 Å². The van der Waals surface area contributed by atoms with Crippen molar-refractivity contribution in [3.8, 4) is 0 Å². The van der Waals surface area contributed by atoms with Crippen molar-refractivity contribution < 1.29 is 23.5 Å². The van der Waals surface area contributed by atoms with Gasteiger partial charge in [-0.3, -0.25) is 14.4 Å². The van der Waals surface area contributed by atoms with Gasteiger partial charge in [-0.1, -0.05) is 6.92 Å². The third-order valence-electron chi connectivity index (χ3n) is 3.07. The molecule has 0 radical (unpaired) electrons. The van der Waals surface area contributed by atoms with Crippen LogP contribution in [0.25, 0.3) is 0 Å². The molecule has 6 nitrogen and oxygen atoms in total. The molecule has 2 amide bonds. The number of halogens is 1. The monoisotopic (exact) mass is 370 g/mol. The van der Waals surface area contributed by atoms with Gasteiger partial charge in [-0.05, 0) is 37.6 Å². The number of ether oxygens (including phenoxy) is 1. The molecule has 0 fully saturated rings. The molecule has 25 heavy (non-hydrogen) atoms. The molecule has 0 heterocycles. The van der Waals surface area contributed by atoms with Crippen molar-refractivity contribution in [1.82, 2.24) is 10.6 Å². The Hall–Kier alpha value is -2.09. The van der Waals surface area contributed by atoms with Gasteiger partial charge in [0.15, 0.2) is 6.61 Å². The number of rotatable bonds is 10. The second-order valence-electron chi connectivity index (χ2n) is 5.29. The Labute approximate surface area is 150 Å². The largest absolute Gasteiger partial charge is 0.456 e. The van der Waals surface area contributed by atoms with E-state index in [-0.39, 0.29) is 18.1 Å². The van der Waals surface area contributed by atoms with Crippen LogP contribution in [0.1, 0.15) is 26.7 Å². The molecule has 0 aliphatic heterocycles. The molecule has 0 spiro atoms. The second kappa shape index (κ2) is 11.5. The van der Waals surface area contributed by atoms with Gasteiger partial charge in [-0.25, -0.2) is 4.39 Å². The predicted octanol–water partition coefficient (Wildman–Crippen LogP) is 1.88. The van der Waals surface area contributed by atoms with Crippen molar-refractivity contribution in [3.63, 3.8) is 0 Å². The summed E-state index contributed by atoms with van der Waals surface area (Å²) in [7, 11) is 0. The van der Waals surface area contributed by atoms with Gasteiger partial charge in [0.25, 0.3) is 5.91 Å². The molecular formula is C17H23FN2O4S. The Kier molecular flexibility index (Phi) is 9.61. The zero-order valence-electron chi connectivity index (χ0n) is 14.3. The van der Waals surface area contributed by atoms with Crippen LogP contribution < -0.4 is 10.6 Å². The maximum Gasteiger partial charge on any atom is 0.307 e. The van der Waals surface area contributed by atoms with Gasteiger partial charge in [-0.2, -0.15) is 0 Å². The highest BCUT2D eigenvalue weighted by Gasteiger charge is 2.16. The van der Waals surface area contributed by atoms with Gasteiger partial charge in [-0.15, -0.1) is 11.8 Å². The number of hydrogen-bond donors (Lipinski definition) is 2. The van der Waals surface area contributed by atoms with Crippen LogP contribution in [0, 0.1) is 5.82 Å². The number of carbonyl (C=O) groups is 3. The molecule has 0 aromatic heterocycles. The average Bonchev–Trinajstić information content (AvgIpc) is 2.59. The van der Waals surface area contributed by atoms with E-state index in [2.05, 4.69) is 10.6 Å². The summed E-state index contributed by atoms with van der Waals surface area (Å²) in [6, 6.07) is 5.27. The normalized spacial score (nSPS) is 11.5. The van der Waals surface area contributed by atoms with Crippen LogP contribution in [-0.4, -0.2) is 42.7 Å². The Morgan fingerprint density at radius 1 is 1.24 bits per heavy atom. The minimum atomic E-state index is -0.688. The van der Waals surface area contributed by atoms with Gasteiger partial charge < -0.3 is 15.4 Å². The zero-order chi connectivity index (χ0) is 18.7. The van der Waals surface area contributed by atoms with E-state index in [9.17, 15) is 18.8 Å². The maximum atomic E-state index is 12.8. The number of carbonyl (C=O) groups excluding carboxylic acids is 3. The van der Waals surface area contributed by atoms with Gasteiger partial charge in [0.05, 0.1) is 6.42 Å². The Balaban J connectivity index is 2.19. The SMILES string of the molecule is CCCNC(=O)[C@H](C)NC(=O)COC(=O)CCSc1ccc(F)cc1. The molecule has 1 aromatic rings. The van der Waals surface area contributed by atoms with E-state index in [0.29, 0.717) is 12.3 Å². The van der Waals surface area contributed by atoms with Crippen LogP contribution in [0.5, 0.6) is 0 Å². The highest BCUT2D eigenvalue weighted by Crippen LogP contribution is 2.18. The lowest BCUT2D eigenvalue weighted by molar-refractivity contribution is -0.148. The number of nitrogens with one attached hydrogen (secondary N) is 2. The molecular weight excluding hydrogens is 347 g/mol. The van der Waals surface area contributed by atoms with Crippen LogP contribution in [0.15, 0.2) is 29.2 Å². The quantitative estimate of drug-likeness (QED) is 0.485. The topological polar surface area (TPSA) is 84.5 Å². The molecule has 8 heteroatoms. The zero-order valence-corrected chi connectivity index (χ0v) is 15.2. The number of esters is 1. The lowest BCUT2D eigenvalue weighted by Gasteiger charge is -2.13. The van der Waals surface area contributed by atoms with Crippen molar-refractivity contribution in [1.29, 1.82) is 0 Å². The van der Waals surface area contributed by atoms with E-state index in [1.54, 1.807) is 19.1 Å². The molecule has 0 aliphatic rings. The molecule has 0 saturated heterocycles. The number of thioether (sulfide) groups is 1. The summed E-state index contributed by atoms with van der Waals surface area (Å²) >= 11 is 1.39. The summed E-state index contributed by atoms with van der Waals surface area (Å²) in [5.41, 5.74) is 0. The molecule has 1 rings (SSSR count). The molecule has 0 saturated carbocycles. The van der Waals surface area contributed by atoms with E-state index in [1.165, 1.54) is 23.9 Å². The standard InChI is InChI=1S/C17H23FN2O4S/c1-3-9-19-17(23)12(2)20-15(21)11-24-16(22)8-10-25-14-6-4-13(18)5-7-14/h4-7,12H,3,8-11H2,1-2H3,(H,19,23)(H,20,21)/t12-/m0/s1. The van der Waals surface area contributed by atoms with Crippen LogP contribution in [0.2, 0.25) is 0 Å². The number of hydrogen-bond acceptors (Lipinski definition) is 5. The molecule has 0 aliphatic carbocycles. The highest BCUT2D eigenvalue weighted by atomic mass is 32.2. The summed E-state index contributed by atoms with van der Waals surface area (Å²) in [5, 5.41) is 5.12. The van der Waals surface area contributed by atoms with Gasteiger partial charge in [0, 0.05) is 17.2 Å². The minimum absolute atomic E-state index is 0.127. The fourth-order valence-corrected chi connectivity index (χ4v) is 2.58. The lowest BCUT2D eigenvalue weighted by Crippen LogP contribution is -2.46. The van der Waals surface area contributed by atoms with Crippen molar-refractivity contribution in [2.45, 2.75) is 37.6 Å². The summed E-state index contributed by atoms with van der Waals surface area (Å²) < 4.78 is 17.6. The molecule has 2 N–H and O–H groups in total. The summed E-state index contributed by atoms with van der Waals surface area (Å²) in [5.74, 6) is -1.17. The van der Waals surface area contributed by atoms with E-state index >= 15 is 0 Å². The molecule has 0 unspecified atom stereocenters. The second-order valence-corrected chi connectivity index (χ2v) is 6.46. The number of benzene rings is 1. The first-order chi connectivity index (χ1) is 11.9. The predicted molar refractivity (Wildman–Crippen MR) is 93.6 cm³/mol. The first-order valence-electron chi connectivity index (χ1n) is 8.03. The van der Waals surface area contributed by atoms with Crippen molar-refractivity contribution >= 4 is 29.5 Å². The summed E-state index contributed by atoms with van der Waals surface area (Å²) in [4.78, 5) is 35.7. The van der Waals surface area contributed by atoms with Crippen molar-refractivity contribution in [2.24, 2.45) is 0 Å². The molecule has 1 atom stereocenters. The highest BCUT2D eigenvalue weighted by molar-refractivity contribution is 7.99. The Morgan fingerprint density at radius 3 is 2.56 bits per heavy atom. The molecule has 0 bridgehead atoms. The Bertz CT molecular complexity index is 581. The van der Waals surface area contributed by atoms with Crippen LogP contribution in [0.4, 0.5) is 4.39 Å². The van der Waals surface area contributed by atoms with Gasteiger partial charge in [0.2, 0.25) is 5.91 Å². The number of amides is 2.